The molecule has 0 spiro atoms. The van der Waals surface area contributed by atoms with Crippen molar-refractivity contribution in [1.29, 1.82) is 0 Å². The minimum atomic E-state index is 0.874. The van der Waals surface area contributed by atoms with Gasteiger partial charge < -0.3 is 0 Å². The molecule has 0 N–H and O–H groups in total. The molecule has 0 saturated heterocycles. The van der Waals surface area contributed by atoms with Gasteiger partial charge >= 0.3 is 0 Å². The molecule has 1 aromatic heterocycles. The number of aromatic nitrogens is 1. The second kappa shape index (κ2) is 8.78. The van der Waals surface area contributed by atoms with Crippen LogP contribution in [0, 0.1) is 24.2 Å². The third kappa shape index (κ3) is 5.28. The molecular weight excluding hydrogens is 322 g/mol. The van der Waals surface area contributed by atoms with Gasteiger partial charge in [0.15, 0.2) is 0 Å². The molecule has 3 rings (SSSR count). The van der Waals surface area contributed by atoms with Crippen LogP contribution in [0.1, 0.15) is 22.3 Å². The predicted octanol–water partition coefficient (Wildman–Crippen LogP) is 4.80. The summed E-state index contributed by atoms with van der Waals surface area (Å²) in [6, 6.07) is 20.2. The fourth-order valence-electron chi connectivity index (χ4n) is 2.26. The van der Waals surface area contributed by atoms with Crippen molar-refractivity contribution in [2.24, 2.45) is 0 Å². The van der Waals surface area contributed by atoms with E-state index < -0.39 is 0 Å². The SMILES string of the molecule is C#Cc1ccc(C#Cc2ccc(SCCc3ccncc3)cc2)cc1. The molecule has 3 aromatic rings. The summed E-state index contributed by atoms with van der Waals surface area (Å²) < 4.78 is 0. The van der Waals surface area contributed by atoms with Gasteiger partial charge in [0.2, 0.25) is 0 Å². The summed E-state index contributed by atoms with van der Waals surface area (Å²) in [4.78, 5) is 5.30. The number of hydrogen-bond donors (Lipinski definition) is 0. The molecule has 0 aliphatic heterocycles. The number of hydrogen-bond acceptors (Lipinski definition) is 2. The minimum Gasteiger partial charge on any atom is -0.265 e. The highest BCUT2D eigenvalue weighted by molar-refractivity contribution is 7.99. The maximum atomic E-state index is 5.36. The first-order valence-corrected chi connectivity index (χ1v) is 9.02. The van der Waals surface area contributed by atoms with Crippen LogP contribution in [-0.2, 0) is 6.42 Å². The first kappa shape index (κ1) is 16.9. The van der Waals surface area contributed by atoms with Crippen molar-refractivity contribution in [1.82, 2.24) is 4.98 Å². The van der Waals surface area contributed by atoms with Gasteiger partial charge in [-0.1, -0.05) is 17.8 Å². The van der Waals surface area contributed by atoms with Crippen LogP contribution < -0.4 is 0 Å². The van der Waals surface area contributed by atoms with Gasteiger partial charge in [-0.15, -0.1) is 18.2 Å². The summed E-state index contributed by atoms with van der Waals surface area (Å²) in [6.45, 7) is 0. The van der Waals surface area contributed by atoms with Gasteiger partial charge in [0.1, 0.15) is 0 Å². The normalized spacial score (nSPS) is 9.72. The average Bonchev–Trinajstić information content (AvgIpc) is 2.68. The first-order chi connectivity index (χ1) is 12.3. The highest BCUT2D eigenvalue weighted by Gasteiger charge is 1.96. The zero-order valence-corrected chi connectivity index (χ0v) is 14.6. The number of nitrogens with zero attached hydrogens (tertiary/aromatic N) is 1. The van der Waals surface area contributed by atoms with E-state index in [-0.39, 0.29) is 0 Å². The fourth-order valence-corrected chi connectivity index (χ4v) is 3.17. The quantitative estimate of drug-likeness (QED) is 0.500. The summed E-state index contributed by atoms with van der Waals surface area (Å²) >= 11 is 1.86. The lowest BCUT2D eigenvalue weighted by Gasteiger charge is -2.02. The standard InChI is InChI=1S/C23H17NS/c1-2-19-3-5-20(6-4-19)7-8-21-9-11-23(12-10-21)25-18-15-22-13-16-24-17-14-22/h1,3-6,9-14,16-17H,15,18H2. The zero-order valence-electron chi connectivity index (χ0n) is 13.8. The minimum absolute atomic E-state index is 0.874. The van der Waals surface area contributed by atoms with Crippen molar-refractivity contribution >= 4 is 11.8 Å². The molecular formula is C23H17NS. The van der Waals surface area contributed by atoms with Crippen LogP contribution in [0.3, 0.4) is 0 Å². The Morgan fingerprint density at radius 3 is 1.92 bits per heavy atom. The van der Waals surface area contributed by atoms with Gasteiger partial charge in [0, 0.05) is 39.7 Å². The van der Waals surface area contributed by atoms with E-state index in [1.807, 2.05) is 48.4 Å². The summed E-state index contributed by atoms with van der Waals surface area (Å²) in [5, 5.41) is 0. The van der Waals surface area contributed by atoms with E-state index in [0.29, 0.717) is 0 Å². The Balaban J connectivity index is 1.55. The summed E-state index contributed by atoms with van der Waals surface area (Å²) in [7, 11) is 0. The van der Waals surface area contributed by atoms with Gasteiger partial charge in [-0.3, -0.25) is 4.98 Å². The van der Waals surface area contributed by atoms with E-state index in [1.165, 1.54) is 10.5 Å². The Morgan fingerprint density at radius 2 is 1.32 bits per heavy atom. The van der Waals surface area contributed by atoms with Crippen molar-refractivity contribution in [2.45, 2.75) is 11.3 Å². The lowest BCUT2D eigenvalue weighted by Crippen LogP contribution is -1.88. The van der Waals surface area contributed by atoms with Gasteiger partial charge in [0.05, 0.1) is 0 Å². The second-order valence-electron chi connectivity index (χ2n) is 5.45. The van der Waals surface area contributed by atoms with Crippen LogP contribution >= 0.6 is 11.8 Å². The second-order valence-corrected chi connectivity index (χ2v) is 6.62. The summed E-state index contributed by atoms with van der Waals surface area (Å²) in [6.07, 6.45) is 10.1. The Kier molecular flexibility index (Phi) is 5.94. The molecule has 0 amide bonds. The molecule has 0 saturated carbocycles. The van der Waals surface area contributed by atoms with Crippen molar-refractivity contribution in [3.63, 3.8) is 0 Å². The van der Waals surface area contributed by atoms with E-state index in [2.05, 4.69) is 59.1 Å². The lowest BCUT2D eigenvalue weighted by molar-refractivity contribution is 1.13. The number of thioether (sulfide) groups is 1. The molecule has 2 heteroatoms. The molecule has 120 valence electrons. The van der Waals surface area contributed by atoms with Gasteiger partial charge in [-0.25, -0.2) is 0 Å². The number of rotatable bonds is 4. The maximum Gasteiger partial charge on any atom is 0.0270 e. The van der Waals surface area contributed by atoms with Crippen molar-refractivity contribution < 1.29 is 0 Å². The molecule has 1 heterocycles. The Bertz CT molecular complexity index is 908. The van der Waals surface area contributed by atoms with E-state index in [0.717, 1.165) is 28.9 Å². The number of aryl methyl sites for hydroxylation is 1. The van der Waals surface area contributed by atoms with Gasteiger partial charge in [-0.2, -0.15) is 0 Å². The van der Waals surface area contributed by atoms with Crippen molar-refractivity contribution in [3.05, 3.63) is 95.3 Å². The lowest BCUT2D eigenvalue weighted by atomic mass is 10.1. The molecule has 0 fully saturated rings. The van der Waals surface area contributed by atoms with E-state index >= 15 is 0 Å². The van der Waals surface area contributed by atoms with Crippen LogP contribution in [0.4, 0.5) is 0 Å². The van der Waals surface area contributed by atoms with Gasteiger partial charge in [-0.05, 0) is 72.6 Å². The molecule has 0 unspecified atom stereocenters. The number of benzene rings is 2. The van der Waals surface area contributed by atoms with Crippen LogP contribution in [-0.4, -0.2) is 10.7 Å². The molecule has 25 heavy (non-hydrogen) atoms. The predicted molar refractivity (Wildman–Crippen MR) is 105 cm³/mol. The molecule has 0 aliphatic rings. The molecule has 2 aromatic carbocycles. The Labute approximate surface area is 153 Å². The highest BCUT2D eigenvalue weighted by atomic mass is 32.2. The molecule has 0 atom stereocenters. The molecule has 0 bridgehead atoms. The van der Waals surface area contributed by atoms with E-state index in [4.69, 9.17) is 6.42 Å². The third-order valence-corrected chi connectivity index (χ3v) is 4.68. The fraction of sp³-hybridized carbons (Fsp3) is 0.0870. The monoisotopic (exact) mass is 339 g/mol. The third-order valence-electron chi connectivity index (χ3n) is 3.67. The average molecular weight is 339 g/mol. The van der Waals surface area contributed by atoms with Crippen molar-refractivity contribution in [3.8, 4) is 24.2 Å². The highest BCUT2D eigenvalue weighted by Crippen LogP contribution is 2.19. The molecule has 0 aliphatic carbocycles. The number of pyridine rings is 1. The zero-order chi connectivity index (χ0) is 17.3. The maximum absolute atomic E-state index is 5.36. The van der Waals surface area contributed by atoms with E-state index in [9.17, 15) is 0 Å². The van der Waals surface area contributed by atoms with Crippen LogP contribution in [0.2, 0.25) is 0 Å². The van der Waals surface area contributed by atoms with Crippen molar-refractivity contribution in [2.75, 3.05) is 5.75 Å². The summed E-state index contributed by atoms with van der Waals surface area (Å²) in [5.41, 5.74) is 4.17. The number of terminal acetylenes is 1. The molecule has 1 nitrogen and oxygen atoms in total. The van der Waals surface area contributed by atoms with Crippen LogP contribution in [0.15, 0.2) is 78.0 Å². The van der Waals surface area contributed by atoms with E-state index in [1.54, 1.807) is 0 Å². The largest absolute Gasteiger partial charge is 0.265 e. The molecule has 0 radical (unpaired) electrons. The summed E-state index contributed by atoms with van der Waals surface area (Å²) in [5.74, 6) is 10.0. The van der Waals surface area contributed by atoms with Crippen LogP contribution in [0.25, 0.3) is 0 Å². The topological polar surface area (TPSA) is 12.9 Å². The van der Waals surface area contributed by atoms with Gasteiger partial charge in [0.25, 0.3) is 0 Å². The van der Waals surface area contributed by atoms with Crippen LogP contribution in [0.5, 0.6) is 0 Å². The Morgan fingerprint density at radius 1 is 0.760 bits per heavy atom. The first-order valence-electron chi connectivity index (χ1n) is 8.04. The smallest absolute Gasteiger partial charge is 0.0270 e. The Hall–Kier alpha value is -2.94.